The second kappa shape index (κ2) is 6.74. The van der Waals surface area contributed by atoms with Crippen molar-refractivity contribution in [3.8, 4) is 5.75 Å². The highest BCUT2D eigenvalue weighted by molar-refractivity contribution is 5.58. The molecule has 0 saturated heterocycles. The van der Waals surface area contributed by atoms with Gasteiger partial charge in [0.1, 0.15) is 0 Å². The number of aryl methyl sites for hydroxylation is 1. The van der Waals surface area contributed by atoms with Crippen LogP contribution in [0.3, 0.4) is 0 Å². The van der Waals surface area contributed by atoms with Crippen molar-refractivity contribution >= 4 is 11.4 Å². The molecule has 21 heavy (non-hydrogen) atoms. The summed E-state index contributed by atoms with van der Waals surface area (Å²) >= 11 is 0. The quantitative estimate of drug-likeness (QED) is 0.625. The minimum Gasteiger partial charge on any atom is -0.487 e. The van der Waals surface area contributed by atoms with Crippen molar-refractivity contribution in [2.75, 3.05) is 18.5 Å². The number of nitro benzene ring substituents is 1. The first-order valence-electron chi connectivity index (χ1n) is 6.72. The molecule has 112 valence electrons. The Balaban J connectivity index is 1.99. The summed E-state index contributed by atoms with van der Waals surface area (Å²) in [6.45, 7) is 2.90. The van der Waals surface area contributed by atoms with Gasteiger partial charge in [0.05, 0.1) is 17.7 Å². The Morgan fingerprint density at radius 3 is 2.90 bits per heavy atom. The fourth-order valence-corrected chi connectivity index (χ4v) is 2.00. The summed E-state index contributed by atoms with van der Waals surface area (Å²) in [4.78, 5) is 10.5. The van der Waals surface area contributed by atoms with E-state index in [1.165, 1.54) is 6.07 Å². The summed E-state index contributed by atoms with van der Waals surface area (Å²) in [5.74, 6) is 0.286. The Bertz CT molecular complexity index is 624. The molecule has 0 aliphatic heterocycles. The summed E-state index contributed by atoms with van der Waals surface area (Å²) < 4.78 is 7.07. The maximum absolute atomic E-state index is 10.9. The number of anilines is 1. The summed E-state index contributed by atoms with van der Waals surface area (Å²) in [6, 6.07) is 4.80. The molecule has 0 aliphatic rings. The monoisotopic (exact) mass is 290 g/mol. The number of benzene rings is 1. The zero-order valence-corrected chi connectivity index (χ0v) is 12.1. The SMILES string of the molecule is CCOc1cc(NCCc2cnn(C)c2)ccc1[N+](=O)[O-]. The molecule has 0 fully saturated rings. The number of ether oxygens (including phenoxy) is 1. The van der Waals surface area contributed by atoms with E-state index in [1.54, 1.807) is 23.7 Å². The van der Waals surface area contributed by atoms with Crippen LogP contribution in [-0.2, 0) is 13.5 Å². The fraction of sp³-hybridized carbons (Fsp3) is 0.357. The lowest BCUT2D eigenvalue weighted by atomic mass is 10.2. The van der Waals surface area contributed by atoms with E-state index < -0.39 is 4.92 Å². The highest BCUT2D eigenvalue weighted by Gasteiger charge is 2.15. The van der Waals surface area contributed by atoms with Crippen LogP contribution in [0.1, 0.15) is 12.5 Å². The van der Waals surface area contributed by atoms with Gasteiger partial charge in [-0.3, -0.25) is 14.8 Å². The van der Waals surface area contributed by atoms with Crippen molar-refractivity contribution in [1.82, 2.24) is 9.78 Å². The maximum Gasteiger partial charge on any atom is 0.311 e. The molecule has 1 aromatic heterocycles. The summed E-state index contributed by atoms with van der Waals surface area (Å²) in [5, 5.41) is 18.2. The third kappa shape index (κ3) is 3.95. The van der Waals surface area contributed by atoms with Gasteiger partial charge in [0.15, 0.2) is 5.75 Å². The van der Waals surface area contributed by atoms with E-state index in [2.05, 4.69) is 10.4 Å². The summed E-state index contributed by atoms with van der Waals surface area (Å²) in [5.41, 5.74) is 1.92. The average Bonchev–Trinajstić information content (AvgIpc) is 2.85. The second-order valence-corrected chi connectivity index (χ2v) is 4.57. The topological polar surface area (TPSA) is 82.2 Å². The Kier molecular flexibility index (Phi) is 4.76. The summed E-state index contributed by atoms with van der Waals surface area (Å²) in [6.07, 6.45) is 4.61. The Morgan fingerprint density at radius 2 is 2.29 bits per heavy atom. The lowest BCUT2D eigenvalue weighted by Gasteiger charge is -2.09. The predicted octanol–water partition coefficient (Wildman–Crippen LogP) is 2.38. The molecule has 1 N–H and O–H groups in total. The largest absolute Gasteiger partial charge is 0.487 e. The van der Waals surface area contributed by atoms with Gasteiger partial charge in [-0.2, -0.15) is 5.10 Å². The highest BCUT2D eigenvalue weighted by atomic mass is 16.6. The van der Waals surface area contributed by atoms with E-state index in [1.807, 2.05) is 19.4 Å². The number of hydrogen-bond donors (Lipinski definition) is 1. The van der Waals surface area contributed by atoms with E-state index in [0.29, 0.717) is 6.61 Å². The van der Waals surface area contributed by atoms with Gasteiger partial charge in [0.25, 0.3) is 0 Å². The van der Waals surface area contributed by atoms with Gasteiger partial charge in [0, 0.05) is 37.6 Å². The third-order valence-electron chi connectivity index (χ3n) is 2.96. The molecule has 7 nitrogen and oxygen atoms in total. The van der Waals surface area contributed by atoms with Crippen molar-refractivity contribution < 1.29 is 9.66 Å². The van der Waals surface area contributed by atoms with E-state index in [4.69, 9.17) is 4.74 Å². The van der Waals surface area contributed by atoms with Crippen molar-refractivity contribution in [3.63, 3.8) is 0 Å². The van der Waals surface area contributed by atoms with Crippen LogP contribution in [0.5, 0.6) is 5.75 Å². The van der Waals surface area contributed by atoms with Crippen LogP contribution in [0, 0.1) is 10.1 Å². The second-order valence-electron chi connectivity index (χ2n) is 4.57. The Hall–Kier alpha value is -2.57. The lowest BCUT2D eigenvalue weighted by molar-refractivity contribution is -0.385. The van der Waals surface area contributed by atoms with Crippen LogP contribution >= 0.6 is 0 Å². The van der Waals surface area contributed by atoms with Crippen LogP contribution in [0.2, 0.25) is 0 Å². The van der Waals surface area contributed by atoms with Gasteiger partial charge in [0.2, 0.25) is 0 Å². The van der Waals surface area contributed by atoms with Gasteiger partial charge in [-0.25, -0.2) is 0 Å². The number of aromatic nitrogens is 2. The molecule has 0 atom stereocenters. The molecule has 2 aromatic rings. The normalized spacial score (nSPS) is 10.4. The van der Waals surface area contributed by atoms with Crippen molar-refractivity contribution in [2.45, 2.75) is 13.3 Å². The Labute approximate surface area is 122 Å². The first-order chi connectivity index (χ1) is 10.1. The van der Waals surface area contributed by atoms with Gasteiger partial charge in [-0.15, -0.1) is 0 Å². The van der Waals surface area contributed by atoms with E-state index >= 15 is 0 Å². The third-order valence-corrected chi connectivity index (χ3v) is 2.96. The maximum atomic E-state index is 10.9. The first-order valence-corrected chi connectivity index (χ1v) is 6.72. The van der Waals surface area contributed by atoms with Gasteiger partial charge in [-0.05, 0) is 25.0 Å². The van der Waals surface area contributed by atoms with E-state index in [0.717, 1.165) is 24.2 Å². The molecule has 0 aliphatic carbocycles. The molecule has 0 spiro atoms. The number of nitrogens with one attached hydrogen (secondary N) is 1. The van der Waals surface area contributed by atoms with Crippen LogP contribution in [0.25, 0.3) is 0 Å². The molecule has 0 unspecified atom stereocenters. The van der Waals surface area contributed by atoms with Crippen LogP contribution in [-0.4, -0.2) is 27.9 Å². The van der Waals surface area contributed by atoms with Crippen LogP contribution < -0.4 is 10.1 Å². The van der Waals surface area contributed by atoms with Crippen molar-refractivity contribution in [2.24, 2.45) is 7.05 Å². The van der Waals surface area contributed by atoms with E-state index in [-0.39, 0.29) is 11.4 Å². The molecular formula is C14H18N4O3. The first kappa shape index (κ1) is 14.8. The number of nitro groups is 1. The minimum absolute atomic E-state index is 0.0188. The number of nitrogens with zero attached hydrogens (tertiary/aromatic N) is 3. The zero-order chi connectivity index (χ0) is 15.2. The predicted molar refractivity (Wildman–Crippen MR) is 79.7 cm³/mol. The van der Waals surface area contributed by atoms with Crippen molar-refractivity contribution in [1.29, 1.82) is 0 Å². The summed E-state index contributed by atoms with van der Waals surface area (Å²) in [7, 11) is 1.88. The zero-order valence-electron chi connectivity index (χ0n) is 12.1. The van der Waals surface area contributed by atoms with Gasteiger partial charge < -0.3 is 10.1 Å². The average molecular weight is 290 g/mol. The molecule has 2 rings (SSSR count). The number of hydrogen-bond acceptors (Lipinski definition) is 5. The highest BCUT2D eigenvalue weighted by Crippen LogP contribution is 2.30. The van der Waals surface area contributed by atoms with Crippen LogP contribution in [0.15, 0.2) is 30.6 Å². The van der Waals surface area contributed by atoms with Gasteiger partial charge >= 0.3 is 5.69 Å². The molecule has 0 radical (unpaired) electrons. The van der Waals surface area contributed by atoms with Gasteiger partial charge in [-0.1, -0.05) is 0 Å². The Morgan fingerprint density at radius 1 is 1.48 bits per heavy atom. The van der Waals surface area contributed by atoms with E-state index in [9.17, 15) is 10.1 Å². The lowest BCUT2D eigenvalue weighted by Crippen LogP contribution is -2.05. The molecule has 0 amide bonds. The molecule has 1 heterocycles. The minimum atomic E-state index is -0.440. The fourth-order valence-electron chi connectivity index (χ4n) is 2.00. The smallest absolute Gasteiger partial charge is 0.311 e. The molecular weight excluding hydrogens is 272 g/mol. The standard InChI is InChI=1S/C14H18N4O3/c1-3-21-14-8-12(4-5-13(14)18(19)20)15-7-6-11-9-16-17(2)10-11/h4-5,8-10,15H,3,6-7H2,1-2H3. The number of rotatable bonds is 7. The molecule has 1 aromatic carbocycles. The molecule has 0 saturated carbocycles. The molecule has 7 heteroatoms. The van der Waals surface area contributed by atoms with Crippen LogP contribution in [0.4, 0.5) is 11.4 Å². The van der Waals surface area contributed by atoms with Crippen molar-refractivity contribution in [3.05, 3.63) is 46.3 Å². The molecule has 0 bridgehead atoms.